The second kappa shape index (κ2) is 5.61. The van der Waals surface area contributed by atoms with Crippen molar-refractivity contribution in [2.24, 2.45) is 11.1 Å². The maximum atomic E-state index is 12.5. The van der Waals surface area contributed by atoms with Crippen molar-refractivity contribution in [3.8, 4) is 0 Å². The minimum Gasteiger partial charge on any atom is -0.411 e. The van der Waals surface area contributed by atoms with Gasteiger partial charge in [-0.25, -0.2) is 0 Å². The number of hydrogen-bond donors (Lipinski definition) is 1. The Bertz CT molecular complexity index is 528. The maximum Gasteiger partial charge on any atom is 0.254 e. The summed E-state index contributed by atoms with van der Waals surface area (Å²) in [7, 11) is 0. The van der Waals surface area contributed by atoms with Crippen LogP contribution in [-0.2, 0) is 0 Å². The van der Waals surface area contributed by atoms with Crippen LogP contribution in [0.1, 0.15) is 29.3 Å². The van der Waals surface area contributed by atoms with Gasteiger partial charge in [0.05, 0.1) is 5.71 Å². The van der Waals surface area contributed by atoms with Crippen molar-refractivity contribution in [3.63, 3.8) is 0 Å². The standard InChI is InChI=1S/C14H17ClN2O2/c1-9-3-4-11(15)7-12(9)14(18)17-6-5-13(16-19)10(2)8-17/h3-4,7,10,19H,5-6,8H2,1-2H3/b16-13+. The molecule has 102 valence electrons. The van der Waals surface area contributed by atoms with Crippen LogP contribution in [0.4, 0.5) is 0 Å². The lowest BCUT2D eigenvalue weighted by molar-refractivity contribution is 0.0733. The van der Waals surface area contributed by atoms with Crippen molar-refractivity contribution in [1.82, 2.24) is 4.90 Å². The summed E-state index contributed by atoms with van der Waals surface area (Å²) in [5.74, 6) is 0.0750. The number of benzene rings is 1. The Labute approximate surface area is 117 Å². The number of carbonyl (C=O) groups excluding carboxylic acids is 1. The highest BCUT2D eigenvalue weighted by molar-refractivity contribution is 6.31. The fourth-order valence-corrected chi connectivity index (χ4v) is 2.52. The van der Waals surface area contributed by atoms with Crippen LogP contribution in [0.2, 0.25) is 5.02 Å². The van der Waals surface area contributed by atoms with E-state index in [1.165, 1.54) is 0 Å². The fraction of sp³-hybridized carbons (Fsp3) is 0.429. The van der Waals surface area contributed by atoms with E-state index >= 15 is 0 Å². The van der Waals surface area contributed by atoms with Gasteiger partial charge < -0.3 is 10.1 Å². The molecule has 1 unspecified atom stereocenters. The van der Waals surface area contributed by atoms with Gasteiger partial charge in [0.1, 0.15) is 0 Å². The van der Waals surface area contributed by atoms with E-state index < -0.39 is 0 Å². The van der Waals surface area contributed by atoms with Gasteiger partial charge in [-0.2, -0.15) is 0 Å². The second-order valence-corrected chi connectivity index (χ2v) is 5.39. The molecule has 1 aliphatic rings. The lowest BCUT2D eigenvalue weighted by Gasteiger charge is -2.31. The molecule has 0 radical (unpaired) electrons. The number of amides is 1. The van der Waals surface area contributed by atoms with Crippen molar-refractivity contribution in [2.75, 3.05) is 13.1 Å². The van der Waals surface area contributed by atoms with Gasteiger partial charge >= 0.3 is 0 Å². The number of piperidine rings is 1. The van der Waals surface area contributed by atoms with Gasteiger partial charge in [0, 0.05) is 36.0 Å². The van der Waals surface area contributed by atoms with E-state index in [0.29, 0.717) is 30.1 Å². The Hall–Kier alpha value is -1.55. The molecule has 1 aromatic rings. The lowest BCUT2D eigenvalue weighted by atomic mass is 9.96. The fourth-order valence-electron chi connectivity index (χ4n) is 2.35. The Morgan fingerprint density at radius 2 is 2.26 bits per heavy atom. The Morgan fingerprint density at radius 3 is 2.89 bits per heavy atom. The molecule has 1 fully saturated rings. The van der Waals surface area contributed by atoms with Crippen LogP contribution in [0.15, 0.2) is 23.4 Å². The summed E-state index contributed by atoms with van der Waals surface area (Å²) in [5.41, 5.74) is 2.32. The third kappa shape index (κ3) is 2.89. The summed E-state index contributed by atoms with van der Waals surface area (Å²) in [6.07, 6.45) is 0.614. The number of rotatable bonds is 1. The van der Waals surface area contributed by atoms with Crippen molar-refractivity contribution in [3.05, 3.63) is 34.3 Å². The lowest BCUT2D eigenvalue weighted by Crippen LogP contribution is -2.43. The van der Waals surface area contributed by atoms with Crippen LogP contribution < -0.4 is 0 Å². The topological polar surface area (TPSA) is 52.9 Å². The van der Waals surface area contributed by atoms with E-state index in [0.717, 1.165) is 11.3 Å². The largest absolute Gasteiger partial charge is 0.411 e. The zero-order valence-corrected chi connectivity index (χ0v) is 11.8. The Balaban J connectivity index is 2.19. The SMILES string of the molecule is Cc1ccc(Cl)cc1C(=O)N1CC/C(=N\O)C(C)C1. The molecule has 1 saturated heterocycles. The molecule has 19 heavy (non-hydrogen) atoms. The molecule has 0 bridgehead atoms. The van der Waals surface area contributed by atoms with Crippen LogP contribution in [0, 0.1) is 12.8 Å². The van der Waals surface area contributed by atoms with Crippen LogP contribution in [0.25, 0.3) is 0 Å². The third-order valence-corrected chi connectivity index (χ3v) is 3.78. The first-order chi connectivity index (χ1) is 9.02. The Morgan fingerprint density at radius 1 is 1.53 bits per heavy atom. The molecule has 1 aliphatic heterocycles. The normalized spacial score (nSPS) is 21.7. The van der Waals surface area contributed by atoms with Crippen molar-refractivity contribution < 1.29 is 10.0 Å². The van der Waals surface area contributed by atoms with E-state index in [4.69, 9.17) is 16.8 Å². The predicted molar refractivity (Wildman–Crippen MR) is 75.1 cm³/mol. The molecule has 1 N–H and O–H groups in total. The van der Waals surface area contributed by atoms with Gasteiger partial charge in [-0.05, 0) is 24.6 Å². The summed E-state index contributed by atoms with van der Waals surface area (Å²) in [4.78, 5) is 14.3. The number of likely N-dealkylation sites (tertiary alicyclic amines) is 1. The number of carbonyl (C=O) groups is 1. The van der Waals surface area contributed by atoms with Crippen molar-refractivity contribution >= 4 is 23.2 Å². The number of nitrogens with zero attached hydrogens (tertiary/aromatic N) is 2. The van der Waals surface area contributed by atoms with E-state index in [9.17, 15) is 4.79 Å². The number of hydrogen-bond acceptors (Lipinski definition) is 3. The minimum absolute atomic E-state index is 0.0103. The molecule has 1 atom stereocenters. The quantitative estimate of drug-likeness (QED) is 0.635. The van der Waals surface area contributed by atoms with E-state index in [-0.39, 0.29) is 11.8 Å². The van der Waals surface area contributed by atoms with Crippen LogP contribution in [-0.4, -0.2) is 34.8 Å². The van der Waals surface area contributed by atoms with Crippen LogP contribution >= 0.6 is 11.6 Å². The molecule has 0 aromatic heterocycles. The summed E-state index contributed by atoms with van der Waals surface area (Å²) in [5, 5.41) is 12.7. The number of aryl methyl sites for hydroxylation is 1. The average Bonchev–Trinajstić information content (AvgIpc) is 2.40. The highest BCUT2D eigenvalue weighted by Gasteiger charge is 2.27. The van der Waals surface area contributed by atoms with Gasteiger partial charge in [0.25, 0.3) is 5.91 Å². The third-order valence-electron chi connectivity index (χ3n) is 3.55. The molecule has 4 nitrogen and oxygen atoms in total. The number of halogens is 1. The zero-order valence-electron chi connectivity index (χ0n) is 11.1. The molecule has 0 saturated carbocycles. The highest BCUT2D eigenvalue weighted by atomic mass is 35.5. The first-order valence-electron chi connectivity index (χ1n) is 6.29. The molecule has 1 amide bonds. The van der Waals surface area contributed by atoms with Gasteiger partial charge in [-0.1, -0.05) is 29.7 Å². The first-order valence-corrected chi connectivity index (χ1v) is 6.67. The van der Waals surface area contributed by atoms with Gasteiger partial charge in [0.2, 0.25) is 0 Å². The first kappa shape index (κ1) is 13.9. The minimum atomic E-state index is -0.0103. The van der Waals surface area contributed by atoms with Gasteiger partial charge in [0.15, 0.2) is 0 Å². The van der Waals surface area contributed by atoms with Gasteiger partial charge in [-0.15, -0.1) is 0 Å². The second-order valence-electron chi connectivity index (χ2n) is 4.95. The molecule has 1 aromatic carbocycles. The smallest absolute Gasteiger partial charge is 0.254 e. The Kier molecular flexibility index (Phi) is 4.10. The van der Waals surface area contributed by atoms with Crippen molar-refractivity contribution in [2.45, 2.75) is 20.3 Å². The monoisotopic (exact) mass is 280 g/mol. The molecule has 5 heteroatoms. The summed E-state index contributed by atoms with van der Waals surface area (Å²) < 4.78 is 0. The molecular weight excluding hydrogens is 264 g/mol. The van der Waals surface area contributed by atoms with Crippen molar-refractivity contribution in [1.29, 1.82) is 0 Å². The average molecular weight is 281 g/mol. The molecule has 1 heterocycles. The van der Waals surface area contributed by atoms with Crippen LogP contribution in [0.5, 0.6) is 0 Å². The van der Waals surface area contributed by atoms with E-state index in [2.05, 4.69) is 5.16 Å². The van der Waals surface area contributed by atoms with E-state index in [1.807, 2.05) is 19.9 Å². The number of oxime groups is 1. The maximum absolute atomic E-state index is 12.5. The molecule has 2 rings (SSSR count). The molecule has 0 aliphatic carbocycles. The zero-order chi connectivity index (χ0) is 14.0. The summed E-state index contributed by atoms with van der Waals surface area (Å²) in [6.45, 7) is 5.01. The molecular formula is C14H17ClN2O2. The highest BCUT2D eigenvalue weighted by Crippen LogP contribution is 2.21. The molecule has 0 spiro atoms. The van der Waals surface area contributed by atoms with Crippen LogP contribution in [0.3, 0.4) is 0 Å². The summed E-state index contributed by atoms with van der Waals surface area (Å²) >= 11 is 5.95. The summed E-state index contributed by atoms with van der Waals surface area (Å²) in [6, 6.07) is 5.34. The predicted octanol–water partition coefficient (Wildman–Crippen LogP) is 2.96. The van der Waals surface area contributed by atoms with Gasteiger partial charge in [-0.3, -0.25) is 4.79 Å². The van der Waals surface area contributed by atoms with E-state index in [1.54, 1.807) is 17.0 Å².